The van der Waals surface area contributed by atoms with Gasteiger partial charge in [-0.1, -0.05) is 41.9 Å². The van der Waals surface area contributed by atoms with Crippen LogP contribution in [0.15, 0.2) is 48.5 Å². The lowest BCUT2D eigenvalue weighted by atomic mass is 10.1. The van der Waals surface area contributed by atoms with Crippen molar-refractivity contribution in [3.8, 4) is 5.75 Å². The molecule has 0 fully saturated rings. The molecule has 0 bridgehead atoms. The van der Waals surface area contributed by atoms with Gasteiger partial charge in [0.25, 0.3) is 0 Å². The molecule has 0 saturated heterocycles. The molecule has 2 N–H and O–H groups in total. The Bertz CT molecular complexity index is 572. The van der Waals surface area contributed by atoms with Gasteiger partial charge in [-0.25, -0.2) is 0 Å². The Morgan fingerprint density at radius 3 is 2.52 bits per heavy atom. The van der Waals surface area contributed by atoms with Crippen molar-refractivity contribution in [3.63, 3.8) is 0 Å². The van der Waals surface area contributed by atoms with Gasteiger partial charge in [0.2, 0.25) is 0 Å². The van der Waals surface area contributed by atoms with Gasteiger partial charge < -0.3 is 15.3 Å². The maximum atomic E-state index is 9.82. The van der Waals surface area contributed by atoms with Crippen LogP contribution in [-0.4, -0.2) is 30.6 Å². The maximum Gasteiger partial charge on any atom is 0.120 e. The van der Waals surface area contributed by atoms with Crippen LogP contribution in [0.3, 0.4) is 0 Å². The second-order valence-electron chi connectivity index (χ2n) is 5.29. The maximum absolute atomic E-state index is 9.82. The van der Waals surface area contributed by atoms with Crippen molar-refractivity contribution in [1.82, 2.24) is 10.2 Å². The fraction of sp³-hybridized carbons (Fsp3) is 0.294. The first kappa shape index (κ1) is 15.8. The number of halogens is 1. The molecule has 4 heteroatoms. The Labute approximate surface area is 131 Å². The molecular formula is C17H21ClN2O. The summed E-state index contributed by atoms with van der Waals surface area (Å²) < 4.78 is 0. The van der Waals surface area contributed by atoms with E-state index >= 15 is 0 Å². The highest BCUT2D eigenvalue weighted by molar-refractivity contribution is 6.30. The van der Waals surface area contributed by atoms with E-state index in [2.05, 4.69) is 48.6 Å². The molecule has 0 saturated carbocycles. The summed E-state index contributed by atoms with van der Waals surface area (Å²) >= 11 is 5.96. The number of phenolic OH excluding ortho intramolecular Hbond substituents is 1. The summed E-state index contributed by atoms with van der Waals surface area (Å²) in [7, 11) is 4.13. The lowest BCUT2D eigenvalue weighted by Gasteiger charge is -2.25. The minimum atomic E-state index is 0.271. The number of rotatable bonds is 6. The Hall–Kier alpha value is -1.55. The summed E-state index contributed by atoms with van der Waals surface area (Å²) in [4.78, 5) is 2.18. The molecule has 2 aromatic rings. The second kappa shape index (κ2) is 7.46. The fourth-order valence-electron chi connectivity index (χ4n) is 2.31. The van der Waals surface area contributed by atoms with Gasteiger partial charge >= 0.3 is 0 Å². The molecule has 112 valence electrons. The molecule has 0 heterocycles. The third-order valence-electron chi connectivity index (χ3n) is 3.50. The van der Waals surface area contributed by atoms with Crippen molar-refractivity contribution < 1.29 is 5.11 Å². The van der Waals surface area contributed by atoms with Crippen molar-refractivity contribution in [2.24, 2.45) is 0 Å². The molecule has 1 unspecified atom stereocenters. The number of phenols is 1. The first-order chi connectivity index (χ1) is 10.1. The van der Waals surface area contributed by atoms with Gasteiger partial charge in [0, 0.05) is 29.7 Å². The van der Waals surface area contributed by atoms with Crippen LogP contribution >= 0.6 is 11.6 Å². The van der Waals surface area contributed by atoms with Crippen molar-refractivity contribution in [2.75, 3.05) is 20.6 Å². The van der Waals surface area contributed by atoms with Crippen LogP contribution in [0.5, 0.6) is 5.75 Å². The minimum Gasteiger partial charge on any atom is -0.508 e. The SMILES string of the molecule is CN(C)C(CNCc1cc(Cl)ccc1O)c1ccccc1. The Kier molecular flexibility index (Phi) is 5.62. The number of likely N-dealkylation sites (N-methyl/N-ethyl adjacent to an activating group) is 1. The largest absolute Gasteiger partial charge is 0.508 e. The summed E-state index contributed by atoms with van der Waals surface area (Å²) in [6, 6.07) is 15.8. The molecule has 1 atom stereocenters. The molecule has 0 radical (unpaired) electrons. The van der Waals surface area contributed by atoms with Gasteiger partial charge in [-0.05, 0) is 37.9 Å². The zero-order chi connectivity index (χ0) is 15.2. The van der Waals surface area contributed by atoms with E-state index in [1.807, 2.05) is 6.07 Å². The quantitative estimate of drug-likeness (QED) is 0.858. The molecule has 0 aliphatic heterocycles. The Balaban J connectivity index is 1.98. The topological polar surface area (TPSA) is 35.5 Å². The number of benzene rings is 2. The van der Waals surface area contributed by atoms with E-state index in [4.69, 9.17) is 11.6 Å². The van der Waals surface area contributed by atoms with E-state index in [1.165, 1.54) is 5.56 Å². The summed E-state index contributed by atoms with van der Waals surface area (Å²) in [5.74, 6) is 0.271. The molecule has 2 aromatic carbocycles. The van der Waals surface area contributed by atoms with Crippen LogP contribution in [0.4, 0.5) is 0 Å². The van der Waals surface area contributed by atoms with E-state index in [9.17, 15) is 5.11 Å². The molecule has 0 spiro atoms. The Morgan fingerprint density at radius 1 is 1.14 bits per heavy atom. The fourth-order valence-corrected chi connectivity index (χ4v) is 2.51. The van der Waals surface area contributed by atoms with Crippen molar-refractivity contribution >= 4 is 11.6 Å². The Morgan fingerprint density at radius 2 is 1.86 bits per heavy atom. The zero-order valence-electron chi connectivity index (χ0n) is 12.4. The van der Waals surface area contributed by atoms with Crippen LogP contribution in [-0.2, 0) is 6.54 Å². The van der Waals surface area contributed by atoms with E-state index in [0.29, 0.717) is 11.6 Å². The van der Waals surface area contributed by atoms with E-state index in [0.717, 1.165) is 12.1 Å². The van der Waals surface area contributed by atoms with Crippen molar-refractivity contribution in [1.29, 1.82) is 0 Å². The van der Waals surface area contributed by atoms with Gasteiger partial charge in [-0.3, -0.25) is 0 Å². The van der Waals surface area contributed by atoms with Gasteiger partial charge in [0.1, 0.15) is 5.75 Å². The summed E-state index contributed by atoms with van der Waals surface area (Å²) in [6.07, 6.45) is 0. The molecule has 3 nitrogen and oxygen atoms in total. The number of aromatic hydroxyl groups is 1. The lowest BCUT2D eigenvalue weighted by molar-refractivity contribution is 0.288. The lowest BCUT2D eigenvalue weighted by Crippen LogP contribution is -2.30. The predicted molar refractivity (Wildman–Crippen MR) is 87.7 cm³/mol. The zero-order valence-corrected chi connectivity index (χ0v) is 13.1. The average Bonchev–Trinajstić information content (AvgIpc) is 2.47. The van der Waals surface area contributed by atoms with Crippen LogP contribution in [0.1, 0.15) is 17.2 Å². The number of nitrogens with one attached hydrogen (secondary N) is 1. The smallest absolute Gasteiger partial charge is 0.120 e. The van der Waals surface area contributed by atoms with Crippen molar-refractivity contribution in [3.05, 3.63) is 64.7 Å². The molecule has 21 heavy (non-hydrogen) atoms. The first-order valence-electron chi connectivity index (χ1n) is 6.97. The summed E-state index contributed by atoms with van der Waals surface area (Å²) in [5, 5.41) is 13.8. The van der Waals surface area contributed by atoms with Gasteiger partial charge in [0.05, 0.1) is 0 Å². The third-order valence-corrected chi connectivity index (χ3v) is 3.74. The molecule has 0 aliphatic rings. The van der Waals surface area contributed by atoms with Crippen LogP contribution in [0, 0.1) is 0 Å². The number of hydrogen-bond donors (Lipinski definition) is 2. The minimum absolute atomic E-state index is 0.271. The average molecular weight is 305 g/mol. The molecular weight excluding hydrogens is 284 g/mol. The molecule has 0 amide bonds. The molecule has 0 aliphatic carbocycles. The third kappa shape index (κ3) is 4.46. The van der Waals surface area contributed by atoms with Gasteiger partial charge in [-0.2, -0.15) is 0 Å². The molecule has 0 aromatic heterocycles. The van der Waals surface area contributed by atoms with E-state index in [-0.39, 0.29) is 11.8 Å². The van der Waals surface area contributed by atoms with Gasteiger partial charge in [0.15, 0.2) is 0 Å². The van der Waals surface area contributed by atoms with Gasteiger partial charge in [-0.15, -0.1) is 0 Å². The highest BCUT2D eigenvalue weighted by Gasteiger charge is 2.13. The standard InChI is InChI=1S/C17H21ClN2O/c1-20(2)16(13-6-4-3-5-7-13)12-19-11-14-10-15(18)8-9-17(14)21/h3-10,16,19,21H,11-12H2,1-2H3. The monoisotopic (exact) mass is 304 g/mol. The van der Waals surface area contributed by atoms with E-state index < -0.39 is 0 Å². The summed E-state index contributed by atoms with van der Waals surface area (Å²) in [6.45, 7) is 1.38. The van der Waals surface area contributed by atoms with Crippen LogP contribution < -0.4 is 5.32 Å². The highest BCUT2D eigenvalue weighted by atomic mass is 35.5. The normalized spacial score (nSPS) is 12.6. The number of hydrogen-bond acceptors (Lipinski definition) is 3. The van der Waals surface area contributed by atoms with Crippen molar-refractivity contribution in [2.45, 2.75) is 12.6 Å². The highest BCUT2D eigenvalue weighted by Crippen LogP contribution is 2.22. The number of nitrogens with zero attached hydrogens (tertiary/aromatic N) is 1. The van der Waals surface area contributed by atoms with Crippen LogP contribution in [0.25, 0.3) is 0 Å². The predicted octanol–water partition coefficient (Wildman–Crippen LogP) is 3.44. The van der Waals surface area contributed by atoms with E-state index in [1.54, 1.807) is 18.2 Å². The van der Waals surface area contributed by atoms with Crippen LogP contribution in [0.2, 0.25) is 5.02 Å². The second-order valence-corrected chi connectivity index (χ2v) is 5.73. The first-order valence-corrected chi connectivity index (χ1v) is 7.35. The molecule has 2 rings (SSSR count). The summed E-state index contributed by atoms with van der Waals surface area (Å²) in [5.41, 5.74) is 2.08.